The number of imidazole rings is 1. The molecule has 5 heteroatoms. The summed E-state index contributed by atoms with van der Waals surface area (Å²) in [6.07, 6.45) is 1.24. The van der Waals surface area contributed by atoms with Crippen molar-refractivity contribution in [3.8, 4) is 0 Å². The molecule has 1 fully saturated rings. The molecule has 2 aromatic rings. The minimum absolute atomic E-state index is 0.623. The van der Waals surface area contributed by atoms with E-state index in [4.69, 9.17) is 5.73 Å². The fourth-order valence-electron chi connectivity index (χ4n) is 2.75. The third-order valence-electron chi connectivity index (χ3n) is 3.67. The van der Waals surface area contributed by atoms with Crippen molar-refractivity contribution in [2.24, 2.45) is 5.92 Å². The lowest BCUT2D eigenvalue weighted by molar-refractivity contribution is 0.380. The maximum atomic E-state index is 6.04. The van der Waals surface area contributed by atoms with Crippen molar-refractivity contribution in [1.29, 1.82) is 0 Å². The number of hydrogen-bond donors (Lipinski definition) is 1. The molecule has 3 rings (SSSR count). The van der Waals surface area contributed by atoms with Crippen molar-refractivity contribution in [2.45, 2.75) is 13.0 Å². The predicted molar refractivity (Wildman–Crippen MR) is 77.4 cm³/mol. The number of likely N-dealkylation sites (tertiary alicyclic amines) is 1. The van der Waals surface area contributed by atoms with Crippen molar-refractivity contribution in [3.05, 3.63) is 22.7 Å². The fourth-order valence-corrected chi connectivity index (χ4v) is 3.10. The largest absolute Gasteiger partial charge is 0.369 e. The molecule has 96 valence electrons. The van der Waals surface area contributed by atoms with Gasteiger partial charge >= 0.3 is 0 Å². The van der Waals surface area contributed by atoms with Crippen LogP contribution in [0.4, 0.5) is 5.95 Å². The van der Waals surface area contributed by atoms with Gasteiger partial charge in [-0.05, 0) is 44.1 Å². The normalized spacial score (nSPS) is 20.9. The van der Waals surface area contributed by atoms with Gasteiger partial charge in [-0.2, -0.15) is 0 Å². The first-order valence-electron chi connectivity index (χ1n) is 6.23. The van der Waals surface area contributed by atoms with Gasteiger partial charge in [0.2, 0.25) is 5.95 Å². The number of nitrogen functional groups attached to an aromatic ring is 1. The van der Waals surface area contributed by atoms with E-state index in [9.17, 15) is 0 Å². The first-order chi connectivity index (χ1) is 8.63. The number of aromatic nitrogens is 2. The second kappa shape index (κ2) is 4.55. The average Bonchev–Trinajstić information content (AvgIpc) is 2.84. The summed E-state index contributed by atoms with van der Waals surface area (Å²) in [7, 11) is 2.17. The fraction of sp³-hybridized carbons (Fsp3) is 0.462. The quantitative estimate of drug-likeness (QED) is 0.926. The summed E-state index contributed by atoms with van der Waals surface area (Å²) in [4.78, 5) is 6.80. The molecule has 4 nitrogen and oxygen atoms in total. The minimum atomic E-state index is 0.623. The first-order valence-corrected chi connectivity index (χ1v) is 7.02. The summed E-state index contributed by atoms with van der Waals surface area (Å²) in [6, 6.07) is 6.14. The molecule has 0 spiro atoms. The van der Waals surface area contributed by atoms with Gasteiger partial charge in [-0.1, -0.05) is 15.9 Å². The number of hydrogen-bond acceptors (Lipinski definition) is 3. The maximum Gasteiger partial charge on any atom is 0.201 e. The van der Waals surface area contributed by atoms with E-state index in [0.717, 1.165) is 28.6 Å². The summed E-state index contributed by atoms with van der Waals surface area (Å²) in [5, 5.41) is 0. The van der Waals surface area contributed by atoms with Crippen molar-refractivity contribution in [2.75, 3.05) is 25.9 Å². The van der Waals surface area contributed by atoms with Crippen LogP contribution in [0, 0.1) is 5.92 Å². The number of nitrogens with two attached hydrogens (primary N) is 1. The summed E-state index contributed by atoms with van der Waals surface area (Å²) in [5.41, 5.74) is 8.13. The average molecular weight is 309 g/mol. The Balaban J connectivity index is 1.93. The number of rotatable bonds is 2. The van der Waals surface area contributed by atoms with Crippen LogP contribution in [0.1, 0.15) is 6.42 Å². The Hall–Kier alpha value is -1.07. The molecule has 1 saturated heterocycles. The van der Waals surface area contributed by atoms with Gasteiger partial charge in [0.1, 0.15) is 0 Å². The summed E-state index contributed by atoms with van der Waals surface area (Å²) >= 11 is 3.47. The number of nitrogens with zero attached hydrogens (tertiary/aromatic N) is 3. The number of halogens is 1. The van der Waals surface area contributed by atoms with Crippen LogP contribution in [0.25, 0.3) is 11.0 Å². The zero-order valence-corrected chi connectivity index (χ0v) is 12.0. The molecule has 0 amide bonds. The number of fused-ring (bicyclic) bond motifs is 1. The van der Waals surface area contributed by atoms with Crippen molar-refractivity contribution in [1.82, 2.24) is 14.5 Å². The van der Waals surface area contributed by atoms with Gasteiger partial charge in [0.05, 0.1) is 11.0 Å². The van der Waals surface area contributed by atoms with E-state index in [2.05, 4.69) is 43.5 Å². The maximum absolute atomic E-state index is 6.04. The van der Waals surface area contributed by atoms with Crippen LogP contribution >= 0.6 is 15.9 Å². The van der Waals surface area contributed by atoms with Crippen LogP contribution in [0.2, 0.25) is 0 Å². The van der Waals surface area contributed by atoms with Gasteiger partial charge in [-0.3, -0.25) is 0 Å². The Kier molecular flexibility index (Phi) is 3.03. The van der Waals surface area contributed by atoms with Gasteiger partial charge in [-0.25, -0.2) is 4.98 Å². The topological polar surface area (TPSA) is 47.1 Å². The molecule has 0 radical (unpaired) electrons. The Bertz CT molecular complexity index is 578. The molecular formula is C13H17BrN4. The van der Waals surface area contributed by atoms with E-state index in [1.807, 2.05) is 12.1 Å². The van der Waals surface area contributed by atoms with Crippen LogP contribution in [-0.4, -0.2) is 34.6 Å². The molecule has 2 N–H and O–H groups in total. The van der Waals surface area contributed by atoms with Crippen LogP contribution in [0.3, 0.4) is 0 Å². The Morgan fingerprint density at radius 3 is 3.06 bits per heavy atom. The SMILES string of the molecule is CN1CCC(Cn2c(N)nc3cc(Br)ccc32)C1. The van der Waals surface area contributed by atoms with Crippen molar-refractivity contribution in [3.63, 3.8) is 0 Å². The summed E-state index contributed by atoms with van der Waals surface area (Å²) < 4.78 is 3.19. The molecule has 1 aromatic heterocycles. The molecule has 2 heterocycles. The lowest BCUT2D eigenvalue weighted by atomic mass is 10.1. The molecule has 1 atom stereocenters. The van der Waals surface area contributed by atoms with Gasteiger partial charge < -0.3 is 15.2 Å². The van der Waals surface area contributed by atoms with E-state index < -0.39 is 0 Å². The lowest BCUT2D eigenvalue weighted by Crippen LogP contribution is -2.17. The monoisotopic (exact) mass is 308 g/mol. The third kappa shape index (κ3) is 2.12. The van der Waals surface area contributed by atoms with Gasteiger partial charge in [-0.15, -0.1) is 0 Å². The molecule has 1 unspecified atom stereocenters. The van der Waals surface area contributed by atoms with Crippen LogP contribution in [0.5, 0.6) is 0 Å². The molecule has 1 aliphatic heterocycles. The minimum Gasteiger partial charge on any atom is -0.369 e. The van der Waals surface area contributed by atoms with E-state index >= 15 is 0 Å². The second-order valence-electron chi connectivity index (χ2n) is 5.13. The highest BCUT2D eigenvalue weighted by molar-refractivity contribution is 9.10. The summed E-state index contributed by atoms with van der Waals surface area (Å²) in [5.74, 6) is 1.30. The standard InChI is InChI=1S/C13H17BrN4/c1-17-5-4-9(7-17)8-18-12-3-2-10(14)6-11(12)16-13(18)15/h2-3,6,9H,4-5,7-8H2,1H3,(H2,15,16). The summed E-state index contributed by atoms with van der Waals surface area (Å²) in [6.45, 7) is 3.30. The molecule has 1 aromatic carbocycles. The molecular weight excluding hydrogens is 292 g/mol. The number of benzene rings is 1. The van der Waals surface area contributed by atoms with Crippen molar-refractivity contribution < 1.29 is 0 Å². The van der Waals surface area contributed by atoms with E-state index in [-0.39, 0.29) is 0 Å². The highest BCUT2D eigenvalue weighted by Crippen LogP contribution is 2.25. The van der Waals surface area contributed by atoms with Crippen LogP contribution in [0.15, 0.2) is 22.7 Å². The third-order valence-corrected chi connectivity index (χ3v) is 4.16. The predicted octanol–water partition coefficient (Wildman–Crippen LogP) is 2.33. The highest BCUT2D eigenvalue weighted by Gasteiger charge is 2.21. The second-order valence-corrected chi connectivity index (χ2v) is 6.05. The Morgan fingerprint density at radius 2 is 2.33 bits per heavy atom. The van der Waals surface area contributed by atoms with E-state index in [1.165, 1.54) is 13.0 Å². The van der Waals surface area contributed by atoms with Gasteiger partial charge in [0, 0.05) is 17.6 Å². The molecule has 0 bridgehead atoms. The lowest BCUT2D eigenvalue weighted by Gasteiger charge is -2.13. The van der Waals surface area contributed by atoms with Crippen LogP contribution < -0.4 is 5.73 Å². The van der Waals surface area contributed by atoms with Gasteiger partial charge in [0.15, 0.2) is 0 Å². The zero-order chi connectivity index (χ0) is 12.7. The Labute approximate surface area is 115 Å². The van der Waals surface area contributed by atoms with E-state index in [1.54, 1.807) is 0 Å². The molecule has 0 saturated carbocycles. The highest BCUT2D eigenvalue weighted by atomic mass is 79.9. The molecule has 1 aliphatic rings. The van der Waals surface area contributed by atoms with Gasteiger partial charge in [0.25, 0.3) is 0 Å². The first kappa shape index (κ1) is 12.0. The molecule has 18 heavy (non-hydrogen) atoms. The molecule has 0 aliphatic carbocycles. The van der Waals surface area contributed by atoms with E-state index in [0.29, 0.717) is 11.9 Å². The zero-order valence-electron chi connectivity index (χ0n) is 10.4. The Morgan fingerprint density at radius 1 is 1.50 bits per heavy atom. The smallest absolute Gasteiger partial charge is 0.201 e. The number of anilines is 1. The van der Waals surface area contributed by atoms with Crippen LogP contribution in [-0.2, 0) is 6.54 Å². The van der Waals surface area contributed by atoms with Crippen molar-refractivity contribution >= 4 is 32.9 Å².